The van der Waals surface area contributed by atoms with Crippen LogP contribution in [0, 0.1) is 12.7 Å². The van der Waals surface area contributed by atoms with E-state index in [1.807, 2.05) is 30.3 Å². The lowest BCUT2D eigenvalue weighted by Crippen LogP contribution is -2.40. The molecule has 0 aliphatic carbocycles. The molecule has 0 bridgehead atoms. The van der Waals surface area contributed by atoms with Crippen LogP contribution in [0.25, 0.3) is 5.69 Å². The van der Waals surface area contributed by atoms with Crippen LogP contribution in [0.15, 0.2) is 54.7 Å². The molecule has 1 aromatic heterocycles. The minimum Gasteiger partial charge on any atom is -0.350 e. The van der Waals surface area contributed by atoms with Gasteiger partial charge in [-0.15, -0.1) is 0 Å². The van der Waals surface area contributed by atoms with Gasteiger partial charge < -0.3 is 5.32 Å². The van der Waals surface area contributed by atoms with Crippen molar-refractivity contribution in [1.82, 2.24) is 15.1 Å². The third-order valence-electron chi connectivity index (χ3n) is 5.03. The second kappa shape index (κ2) is 7.45. The summed E-state index contributed by atoms with van der Waals surface area (Å²) in [7, 11) is -2.40. The molecule has 1 aliphatic heterocycles. The molecular formula is C20H20FN5O3S. The Morgan fingerprint density at radius 3 is 2.60 bits per heavy atom. The van der Waals surface area contributed by atoms with Crippen LogP contribution >= 0.6 is 0 Å². The number of anilines is 2. The first-order valence-corrected chi connectivity index (χ1v) is 10.6. The number of carbonyl (C=O) groups is 1. The number of benzene rings is 2. The zero-order chi connectivity index (χ0) is 21.5. The fraction of sp³-hybridized carbons (Fsp3) is 0.200. The molecule has 1 N–H and O–H groups in total. The van der Waals surface area contributed by atoms with Crippen LogP contribution in [0.3, 0.4) is 0 Å². The number of aromatic nitrogens is 2. The number of nitrogens with one attached hydrogen (secondary N) is 1. The summed E-state index contributed by atoms with van der Waals surface area (Å²) >= 11 is 0. The van der Waals surface area contributed by atoms with Gasteiger partial charge in [0.25, 0.3) is 5.91 Å². The molecule has 10 heteroatoms. The molecule has 2 aromatic carbocycles. The lowest BCUT2D eigenvalue weighted by Gasteiger charge is -2.19. The van der Waals surface area contributed by atoms with Crippen molar-refractivity contribution < 1.29 is 17.6 Å². The molecule has 3 aromatic rings. The first kappa shape index (κ1) is 19.9. The van der Waals surface area contributed by atoms with E-state index in [-0.39, 0.29) is 24.7 Å². The fourth-order valence-corrected chi connectivity index (χ4v) is 4.84. The Balaban J connectivity index is 1.47. The Morgan fingerprint density at radius 1 is 1.13 bits per heavy atom. The summed E-state index contributed by atoms with van der Waals surface area (Å²) in [5.41, 5.74) is 2.53. The lowest BCUT2D eigenvalue weighted by atomic mass is 10.2. The van der Waals surface area contributed by atoms with Crippen molar-refractivity contribution >= 4 is 27.5 Å². The first-order valence-electron chi connectivity index (χ1n) is 9.25. The van der Waals surface area contributed by atoms with Gasteiger partial charge in [-0.3, -0.25) is 9.10 Å². The van der Waals surface area contributed by atoms with Gasteiger partial charge in [0, 0.05) is 19.7 Å². The van der Waals surface area contributed by atoms with Gasteiger partial charge in [0.05, 0.1) is 41.1 Å². The molecule has 8 nitrogen and oxygen atoms in total. The van der Waals surface area contributed by atoms with Gasteiger partial charge in [-0.2, -0.15) is 13.5 Å². The van der Waals surface area contributed by atoms with Crippen LogP contribution in [0.2, 0.25) is 0 Å². The van der Waals surface area contributed by atoms with E-state index in [1.165, 1.54) is 31.4 Å². The highest BCUT2D eigenvalue weighted by atomic mass is 32.2. The predicted octanol–water partition coefficient (Wildman–Crippen LogP) is 2.25. The van der Waals surface area contributed by atoms with Gasteiger partial charge in [0.2, 0.25) is 0 Å². The number of nitrogens with zero attached hydrogens (tertiary/aromatic N) is 4. The molecule has 0 fully saturated rings. The number of fused-ring (bicyclic) bond motifs is 1. The molecule has 0 unspecified atom stereocenters. The summed E-state index contributed by atoms with van der Waals surface area (Å²) in [6.07, 6.45) is 1.47. The predicted molar refractivity (Wildman–Crippen MR) is 112 cm³/mol. The summed E-state index contributed by atoms with van der Waals surface area (Å²) in [6.45, 7) is 1.81. The van der Waals surface area contributed by atoms with Crippen molar-refractivity contribution in [2.45, 2.75) is 6.92 Å². The minimum atomic E-state index is -3.81. The molecule has 2 heterocycles. The van der Waals surface area contributed by atoms with E-state index in [9.17, 15) is 17.6 Å². The van der Waals surface area contributed by atoms with E-state index in [0.29, 0.717) is 16.9 Å². The second-order valence-corrected chi connectivity index (χ2v) is 8.71. The van der Waals surface area contributed by atoms with Crippen LogP contribution in [0.4, 0.5) is 15.8 Å². The molecule has 4 rings (SSSR count). The molecule has 30 heavy (non-hydrogen) atoms. The summed E-state index contributed by atoms with van der Waals surface area (Å²) < 4.78 is 42.7. The third kappa shape index (κ3) is 3.28. The minimum absolute atomic E-state index is 0.0270. The van der Waals surface area contributed by atoms with Crippen molar-refractivity contribution in [3.63, 3.8) is 0 Å². The Kier molecular flexibility index (Phi) is 4.94. The van der Waals surface area contributed by atoms with Gasteiger partial charge in [0.15, 0.2) is 0 Å². The normalized spacial score (nSPS) is 14.6. The van der Waals surface area contributed by atoms with Gasteiger partial charge in [0.1, 0.15) is 5.82 Å². The molecule has 1 amide bonds. The van der Waals surface area contributed by atoms with Gasteiger partial charge in [-0.05, 0) is 31.2 Å². The maximum Gasteiger partial charge on any atom is 0.326 e. The SMILES string of the molecule is Cc1c(C(=O)NCCN2c3cc(F)ccc3N(C)S2(=O)=O)cnn1-c1ccccc1. The monoisotopic (exact) mass is 429 g/mol. The third-order valence-corrected chi connectivity index (χ3v) is 6.85. The quantitative estimate of drug-likeness (QED) is 0.674. The molecule has 0 radical (unpaired) electrons. The van der Waals surface area contributed by atoms with Crippen molar-refractivity contribution in [2.75, 3.05) is 28.7 Å². The number of amides is 1. The topological polar surface area (TPSA) is 87.5 Å². The lowest BCUT2D eigenvalue weighted by molar-refractivity contribution is 0.0954. The number of para-hydroxylation sites is 1. The Labute approximate surface area is 173 Å². The Morgan fingerprint density at radius 2 is 1.87 bits per heavy atom. The highest BCUT2D eigenvalue weighted by molar-refractivity contribution is 7.94. The zero-order valence-electron chi connectivity index (χ0n) is 16.4. The highest BCUT2D eigenvalue weighted by Crippen LogP contribution is 2.39. The van der Waals surface area contributed by atoms with E-state index in [2.05, 4.69) is 10.4 Å². The van der Waals surface area contributed by atoms with Crippen LogP contribution in [0.1, 0.15) is 16.1 Å². The number of rotatable bonds is 5. The fourth-order valence-electron chi connectivity index (χ4n) is 3.42. The average Bonchev–Trinajstić information content (AvgIpc) is 3.19. The standard InChI is InChI=1S/C20H20FN5O3S/c1-14-17(13-23-26(14)16-6-4-3-5-7-16)20(27)22-10-11-25-19-12-15(21)8-9-18(19)24(2)30(25,28)29/h3-9,12-13H,10-11H2,1-2H3,(H,22,27). The number of hydrogen-bond acceptors (Lipinski definition) is 4. The maximum absolute atomic E-state index is 13.7. The molecule has 0 saturated heterocycles. The van der Waals surface area contributed by atoms with Crippen LogP contribution in [-0.4, -0.2) is 44.2 Å². The van der Waals surface area contributed by atoms with Gasteiger partial charge >= 0.3 is 10.2 Å². The molecule has 0 spiro atoms. The molecule has 156 valence electrons. The average molecular weight is 429 g/mol. The number of carbonyl (C=O) groups excluding carboxylic acids is 1. The van der Waals surface area contributed by atoms with Crippen molar-refractivity contribution in [3.8, 4) is 5.69 Å². The van der Waals surface area contributed by atoms with Crippen LogP contribution in [0.5, 0.6) is 0 Å². The highest BCUT2D eigenvalue weighted by Gasteiger charge is 2.37. The van der Waals surface area contributed by atoms with Crippen LogP contribution in [-0.2, 0) is 10.2 Å². The summed E-state index contributed by atoms with van der Waals surface area (Å²) in [5, 5.41) is 6.99. The smallest absolute Gasteiger partial charge is 0.326 e. The van der Waals surface area contributed by atoms with Crippen LogP contribution < -0.4 is 13.9 Å². The number of halogens is 1. The van der Waals surface area contributed by atoms with E-state index in [1.54, 1.807) is 11.6 Å². The number of hydrogen-bond donors (Lipinski definition) is 1. The largest absolute Gasteiger partial charge is 0.350 e. The summed E-state index contributed by atoms with van der Waals surface area (Å²) in [6, 6.07) is 13.2. The van der Waals surface area contributed by atoms with E-state index >= 15 is 0 Å². The van der Waals surface area contributed by atoms with Crippen molar-refractivity contribution in [1.29, 1.82) is 0 Å². The summed E-state index contributed by atoms with van der Waals surface area (Å²) in [5.74, 6) is -0.892. The van der Waals surface area contributed by atoms with E-state index in [0.717, 1.165) is 14.3 Å². The first-order chi connectivity index (χ1) is 14.3. The van der Waals surface area contributed by atoms with Crippen molar-refractivity contribution in [3.05, 3.63) is 71.8 Å². The Hall–Kier alpha value is -3.40. The Bertz CT molecular complexity index is 1210. The molecule has 0 saturated carbocycles. The van der Waals surface area contributed by atoms with Gasteiger partial charge in [-0.1, -0.05) is 18.2 Å². The summed E-state index contributed by atoms with van der Waals surface area (Å²) in [4.78, 5) is 12.6. The van der Waals surface area contributed by atoms with Gasteiger partial charge in [-0.25, -0.2) is 13.4 Å². The molecule has 1 aliphatic rings. The van der Waals surface area contributed by atoms with E-state index < -0.39 is 16.0 Å². The second-order valence-electron chi connectivity index (χ2n) is 6.83. The maximum atomic E-state index is 13.7. The van der Waals surface area contributed by atoms with Crippen molar-refractivity contribution in [2.24, 2.45) is 0 Å². The zero-order valence-corrected chi connectivity index (χ0v) is 17.2. The van der Waals surface area contributed by atoms with E-state index in [4.69, 9.17) is 0 Å². The molecule has 0 atom stereocenters. The molecular weight excluding hydrogens is 409 g/mol.